The average Bonchev–Trinajstić information content (AvgIpc) is 2.83. The summed E-state index contributed by atoms with van der Waals surface area (Å²) in [5, 5.41) is 0. The van der Waals surface area contributed by atoms with Crippen LogP contribution in [0.3, 0.4) is 0 Å². The highest BCUT2D eigenvalue weighted by Gasteiger charge is 2.29. The molecular weight excluding hydrogens is 300 g/mol. The van der Waals surface area contributed by atoms with Gasteiger partial charge >= 0.3 is 0 Å². The molecule has 0 aromatic heterocycles. The van der Waals surface area contributed by atoms with Gasteiger partial charge < -0.3 is 9.47 Å². The lowest BCUT2D eigenvalue weighted by Gasteiger charge is -2.18. The third-order valence-corrected chi connectivity index (χ3v) is 4.25. The van der Waals surface area contributed by atoms with Crippen LogP contribution in [0.1, 0.15) is 47.8 Å². The fourth-order valence-electron chi connectivity index (χ4n) is 2.83. The number of hydrogen-bond acceptors (Lipinski definition) is 3. The Morgan fingerprint density at radius 2 is 1.75 bits per heavy atom. The highest BCUT2D eigenvalue weighted by Crippen LogP contribution is 2.37. The first-order chi connectivity index (χ1) is 11.3. The largest absolute Gasteiger partial charge is 0.497 e. The second-order valence-electron chi connectivity index (χ2n) is 7.13. The third kappa shape index (κ3) is 2.94. The van der Waals surface area contributed by atoms with Gasteiger partial charge in [-0.25, -0.2) is 0 Å². The zero-order valence-corrected chi connectivity index (χ0v) is 14.8. The van der Waals surface area contributed by atoms with Crippen molar-refractivity contribution < 1.29 is 14.3 Å². The fourth-order valence-corrected chi connectivity index (χ4v) is 2.83. The van der Waals surface area contributed by atoms with Crippen LogP contribution in [-0.2, 0) is 5.41 Å². The molecule has 2 aromatic rings. The van der Waals surface area contributed by atoms with E-state index in [4.69, 9.17) is 9.47 Å². The summed E-state index contributed by atoms with van der Waals surface area (Å²) in [7, 11) is 1.60. The van der Waals surface area contributed by atoms with Crippen LogP contribution in [0.2, 0.25) is 0 Å². The van der Waals surface area contributed by atoms with Crippen LogP contribution in [0.5, 0.6) is 11.5 Å². The van der Waals surface area contributed by atoms with Gasteiger partial charge in [0.1, 0.15) is 11.5 Å². The molecule has 3 rings (SSSR count). The molecule has 0 spiro atoms. The maximum Gasteiger partial charge on any atom is 0.232 e. The average molecular weight is 322 g/mol. The number of methoxy groups -OCH3 is 1. The van der Waals surface area contributed by atoms with Crippen LogP contribution < -0.4 is 9.47 Å². The van der Waals surface area contributed by atoms with Crippen LogP contribution in [0, 0.1) is 6.92 Å². The van der Waals surface area contributed by atoms with Gasteiger partial charge in [-0.2, -0.15) is 0 Å². The number of benzene rings is 2. The standard InChI is InChI=1S/C21H22O3/c1-13-10-16(23-5)12-17-19(13)20(22)18(24-17)11-14-6-8-15(9-7-14)21(2,3)4/h6-12H,1-5H3/b18-11-. The molecular formula is C21H22O3. The molecule has 24 heavy (non-hydrogen) atoms. The van der Waals surface area contributed by atoms with Crippen LogP contribution in [0.15, 0.2) is 42.2 Å². The Bertz CT molecular complexity index is 821. The number of ketones is 1. The Hall–Kier alpha value is -2.55. The number of ether oxygens (including phenoxy) is 2. The maximum atomic E-state index is 12.6. The Morgan fingerprint density at radius 3 is 2.33 bits per heavy atom. The topological polar surface area (TPSA) is 35.5 Å². The van der Waals surface area contributed by atoms with Gasteiger partial charge in [0.25, 0.3) is 0 Å². The van der Waals surface area contributed by atoms with E-state index in [0.29, 0.717) is 22.8 Å². The fraction of sp³-hybridized carbons (Fsp3) is 0.286. The zero-order valence-electron chi connectivity index (χ0n) is 14.8. The highest BCUT2D eigenvalue weighted by molar-refractivity contribution is 6.15. The predicted molar refractivity (Wildman–Crippen MR) is 95.8 cm³/mol. The van der Waals surface area contributed by atoms with Crippen molar-refractivity contribution in [3.63, 3.8) is 0 Å². The van der Waals surface area contributed by atoms with E-state index in [2.05, 4.69) is 32.9 Å². The zero-order chi connectivity index (χ0) is 17.5. The number of Topliss-reactive ketones (excluding diaryl/α,β-unsaturated/α-hetero) is 1. The molecule has 0 bridgehead atoms. The van der Waals surface area contributed by atoms with E-state index < -0.39 is 0 Å². The first-order valence-electron chi connectivity index (χ1n) is 8.03. The van der Waals surface area contributed by atoms with Crippen molar-refractivity contribution in [2.45, 2.75) is 33.1 Å². The van der Waals surface area contributed by atoms with Crippen molar-refractivity contribution in [3.8, 4) is 11.5 Å². The van der Waals surface area contributed by atoms with Gasteiger partial charge in [-0.15, -0.1) is 0 Å². The summed E-state index contributed by atoms with van der Waals surface area (Å²) in [6.45, 7) is 8.42. The number of hydrogen-bond donors (Lipinski definition) is 0. The summed E-state index contributed by atoms with van der Waals surface area (Å²) >= 11 is 0. The van der Waals surface area contributed by atoms with Crippen molar-refractivity contribution in [1.82, 2.24) is 0 Å². The summed E-state index contributed by atoms with van der Waals surface area (Å²) < 4.78 is 11.0. The number of rotatable bonds is 2. The second kappa shape index (κ2) is 5.82. The van der Waals surface area contributed by atoms with Gasteiger partial charge in [0.15, 0.2) is 5.76 Å². The van der Waals surface area contributed by atoms with Crippen LogP contribution in [0.25, 0.3) is 6.08 Å². The molecule has 0 saturated carbocycles. The lowest BCUT2D eigenvalue weighted by Crippen LogP contribution is -2.10. The molecule has 1 aliphatic rings. The lowest BCUT2D eigenvalue weighted by molar-refractivity contribution is 0.101. The summed E-state index contributed by atoms with van der Waals surface area (Å²) in [4.78, 5) is 12.6. The molecule has 0 radical (unpaired) electrons. The van der Waals surface area contributed by atoms with Crippen LogP contribution in [0.4, 0.5) is 0 Å². The van der Waals surface area contributed by atoms with E-state index in [0.717, 1.165) is 11.1 Å². The number of allylic oxidation sites excluding steroid dienone is 1. The first-order valence-corrected chi connectivity index (χ1v) is 8.03. The molecule has 0 saturated heterocycles. The van der Waals surface area contributed by atoms with Gasteiger partial charge in [-0.1, -0.05) is 45.0 Å². The molecule has 0 atom stereocenters. The van der Waals surface area contributed by atoms with Crippen molar-refractivity contribution in [2.24, 2.45) is 0 Å². The Morgan fingerprint density at radius 1 is 1.08 bits per heavy atom. The van der Waals surface area contributed by atoms with Gasteiger partial charge in [0.2, 0.25) is 5.78 Å². The monoisotopic (exact) mass is 322 g/mol. The van der Waals surface area contributed by atoms with Gasteiger partial charge in [-0.3, -0.25) is 4.79 Å². The second-order valence-corrected chi connectivity index (χ2v) is 7.13. The van der Waals surface area contributed by atoms with Gasteiger partial charge in [-0.05, 0) is 41.2 Å². The molecule has 0 N–H and O–H groups in total. The molecule has 0 fully saturated rings. The predicted octanol–water partition coefficient (Wildman–Crippen LogP) is 4.92. The quantitative estimate of drug-likeness (QED) is 0.736. The summed E-state index contributed by atoms with van der Waals surface area (Å²) in [5.41, 5.74) is 3.79. The molecule has 0 aliphatic carbocycles. The van der Waals surface area contributed by atoms with Gasteiger partial charge in [0.05, 0.1) is 12.7 Å². The number of carbonyl (C=O) groups excluding carboxylic acids is 1. The van der Waals surface area contributed by atoms with E-state index in [9.17, 15) is 4.79 Å². The smallest absolute Gasteiger partial charge is 0.232 e. The normalized spacial score (nSPS) is 15.4. The molecule has 124 valence electrons. The van der Waals surface area contributed by atoms with Crippen LogP contribution in [-0.4, -0.2) is 12.9 Å². The minimum Gasteiger partial charge on any atom is -0.497 e. The molecule has 3 nitrogen and oxygen atoms in total. The number of fused-ring (bicyclic) bond motifs is 1. The minimum absolute atomic E-state index is 0.0787. The van der Waals surface area contributed by atoms with Crippen molar-refractivity contribution in [1.29, 1.82) is 0 Å². The maximum absolute atomic E-state index is 12.6. The summed E-state index contributed by atoms with van der Waals surface area (Å²) in [6.07, 6.45) is 1.79. The molecule has 0 amide bonds. The summed E-state index contributed by atoms with van der Waals surface area (Å²) in [6, 6.07) is 11.8. The number of carbonyl (C=O) groups is 1. The molecule has 2 aromatic carbocycles. The third-order valence-electron chi connectivity index (χ3n) is 4.25. The summed E-state index contributed by atoms with van der Waals surface area (Å²) in [5.74, 6) is 1.53. The van der Waals surface area contributed by atoms with Crippen LogP contribution >= 0.6 is 0 Å². The van der Waals surface area contributed by atoms with Crippen molar-refractivity contribution >= 4 is 11.9 Å². The molecule has 1 heterocycles. The van der Waals surface area contributed by atoms with E-state index in [-0.39, 0.29) is 11.2 Å². The highest BCUT2D eigenvalue weighted by atomic mass is 16.5. The van der Waals surface area contributed by atoms with Crippen molar-refractivity contribution in [2.75, 3.05) is 7.11 Å². The van der Waals surface area contributed by atoms with E-state index in [1.54, 1.807) is 19.3 Å². The van der Waals surface area contributed by atoms with E-state index >= 15 is 0 Å². The number of aryl methyl sites for hydroxylation is 1. The molecule has 1 aliphatic heterocycles. The Kier molecular flexibility index (Phi) is 3.96. The van der Waals surface area contributed by atoms with Crippen molar-refractivity contribution in [3.05, 3.63) is 64.4 Å². The Balaban J connectivity index is 1.93. The SMILES string of the molecule is COc1cc(C)c2c(c1)O/C(=C\c1ccc(C(C)(C)C)cc1)C2=O. The van der Waals surface area contributed by atoms with Gasteiger partial charge in [0, 0.05) is 6.07 Å². The molecule has 0 unspecified atom stereocenters. The Labute approximate surface area is 142 Å². The minimum atomic E-state index is -0.0787. The lowest BCUT2D eigenvalue weighted by atomic mass is 9.86. The first kappa shape index (κ1) is 16.3. The molecule has 3 heteroatoms. The van der Waals surface area contributed by atoms with E-state index in [1.165, 1.54) is 5.56 Å². The van der Waals surface area contributed by atoms with E-state index in [1.807, 2.05) is 25.1 Å².